The van der Waals surface area contributed by atoms with Gasteiger partial charge in [-0.1, -0.05) is 0 Å². The van der Waals surface area contributed by atoms with E-state index in [9.17, 15) is 37.1 Å². The first-order valence-electron chi connectivity index (χ1n) is 13.6. The smallest absolute Gasteiger partial charge is 0.424 e. The standard InChI is InChI=1S/C31H32F4N4O5/c1-28(2,3)44-27(42)39-29(4,5)20-14-23(17-6-9-21(32)10-7-17)37-24(15-20)30(43,31(33,34)35)16-36-26(41)18-8-11-22-19(12-18)13-25(40)38-22/h6-12,14-15,43H,13,16H2,1-5H3,(H,36,41)(H,38,40)(H,39,42). The molecule has 0 spiro atoms. The highest BCUT2D eigenvalue weighted by Crippen LogP contribution is 2.40. The average Bonchev–Trinajstić information content (AvgIpc) is 3.28. The Bertz CT molecular complexity index is 1600. The molecule has 44 heavy (non-hydrogen) atoms. The van der Waals surface area contributed by atoms with E-state index in [1.807, 2.05) is 0 Å². The van der Waals surface area contributed by atoms with Gasteiger partial charge < -0.3 is 25.8 Å². The van der Waals surface area contributed by atoms with Gasteiger partial charge in [0.25, 0.3) is 5.91 Å². The lowest BCUT2D eigenvalue weighted by molar-refractivity contribution is -0.265. The molecule has 3 aromatic rings. The van der Waals surface area contributed by atoms with E-state index in [1.165, 1.54) is 50.2 Å². The van der Waals surface area contributed by atoms with E-state index in [0.29, 0.717) is 11.3 Å². The van der Waals surface area contributed by atoms with Gasteiger partial charge in [0, 0.05) is 16.8 Å². The molecule has 1 aliphatic heterocycles. The van der Waals surface area contributed by atoms with Crippen LogP contribution in [-0.4, -0.2) is 46.3 Å². The van der Waals surface area contributed by atoms with Crippen LogP contribution in [0.25, 0.3) is 11.3 Å². The van der Waals surface area contributed by atoms with Gasteiger partial charge in [0.05, 0.1) is 29.9 Å². The first kappa shape index (κ1) is 32.4. The molecule has 0 aliphatic carbocycles. The molecule has 0 saturated heterocycles. The molecule has 1 atom stereocenters. The lowest BCUT2D eigenvalue weighted by Crippen LogP contribution is -2.52. The average molecular weight is 617 g/mol. The molecule has 4 rings (SSSR count). The van der Waals surface area contributed by atoms with Crippen molar-refractivity contribution in [1.82, 2.24) is 15.6 Å². The summed E-state index contributed by atoms with van der Waals surface area (Å²) in [5.74, 6) is -1.79. The highest BCUT2D eigenvalue weighted by Gasteiger charge is 2.56. The zero-order valence-corrected chi connectivity index (χ0v) is 24.6. The number of hydrogen-bond acceptors (Lipinski definition) is 6. The Labute approximate surface area is 251 Å². The quantitative estimate of drug-likeness (QED) is 0.266. The van der Waals surface area contributed by atoms with Crippen LogP contribution in [0.2, 0.25) is 0 Å². The molecule has 2 heterocycles. The molecule has 3 amide bonds. The summed E-state index contributed by atoms with van der Waals surface area (Å²) in [5.41, 5.74) is -5.49. The zero-order valence-electron chi connectivity index (χ0n) is 24.6. The van der Waals surface area contributed by atoms with Gasteiger partial charge in [-0.15, -0.1) is 0 Å². The van der Waals surface area contributed by atoms with E-state index < -0.39 is 53.0 Å². The Kier molecular flexibility index (Phi) is 8.49. The van der Waals surface area contributed by atoms with Crippen molar-refractivity contribution in [3.05, 3.63) is 82.8 Å². The van der Waals surface area contributed by atoms with Gasteiger partial charge in [0.1, 0.15) is 11.4 Å². The summed E-state index contributed by atoms with van der Waals surface area (Å²) >= 11 is 0. The molecule has 0 fully saturated rings. The summed E-state index contributed by atoms with van der Waals surface area (Å²) in [6.45, 7) is 6.66. The first-order valence-corrected chi connectivity index (χ1v) is 13.6. The Hall–Kier alpha value is -4.52. The monoisotopic (exact) mass is 616 g/mol. The summed E-state index contributed by atoms with van der Waals surface area (Å²) in [4.78, 5) is 41.2. The number of pyridine rings is 1. The topological polar surface area (TPSA) is 130 Å². The number of anilines is 1. The maximum Gasteiger partial charge on any atom is 0.424 e. The van der Waals surface area contributed by atoms with Crippen LogP contribution in [-0.2, 0) is 27.1 Å². The summed E-state index contributed by atoms with van der Waals surface area (Å²) in [6, 6.07) is 11.4. The third kappa shape index (κ3) is 7.16. The predicted octanol–water partition coefficient (Wildman–Crippen LogP) is 5.32. The van der Waals surface area contributed by atoms with E-state index in [-0.39, 0.29) is 34.7 Å². The number of alkyl halides is 3. The number of fused-ring (bicyclic) bond motifs is 1. The molecule has 4 N–H and O–H groups in total. The van der Waals surface area contributed by atoms with E-state index in [1.54, 1.807) is 20.8 Å². The third-order valence-electron chi connectivity index (χ3n) is 6.89. The second-order valence-corrected chi connectivity index (χ2v) is 12.0. The molecule has 2 aromatic carbocycles. The fourth-order valence-corrected chi connectivity index (χ4v) is 4.52. The number of carbonyl (C=O) groups excluding carboxylic acids is 3. The maximum absolute atomic E-state index is 14.7. The largest absolute Gasteiger partial charge is 0.444 e. The number of aliphatic hydroxyl groups is 1. The van der Waals surface area contributed by atoms with Crippen molar-refractivity contribution < 1.29 is 41.8 Å². The number of alkyl carbamates (subject to hydrolysis) is 1. The molecule has 0 saturated carbocycles. The van der Waals surface area contributed by atoms with Crippen molar-refractivity contribution in [2.45, 2.75) is 64.0 Å². The summed E-state index contributed by atoms with van der Waals surface area (Å²) in [6.07, 6.45) is -6.16. The summed E-state index contributed by atoms with van der Waals surface area (Å²) in [7, 11) is 0. The molecular weight excluding hydrogens is 584 g/mol. The zero-order chi connectivity index (χ0) is 32.7. The van der Waals surface area contributed by atoms with E-state index in [2.05, 4.69) is 20.9 Å². The Balaban J connectivity index is 1.74. The van der Waals surface area contributed by atoms with E-state index in [0.717, 1.165) is 18.2 Å². The van der Waals surface area contributed by atoms with Crippen molar-refractivity contribution in [2.24, 2.45) is 0 Å². The number of nitrogens with one attached hydrogen (secondary N) is 3. The summed E-state index contributed by atoms with van der Waals surface area (Å²) < 4.78 is 62.9. The van der Waals surface area contributed by atoms with Crippen LogP contribution in [0.5, 0.6) is 0 Å². The molecular formula is C31H32F4N4O5. The second kappa shape index (κ2) is 11.5. The van der Waals surface area contributed by atoms with E-state index >= 15 is 0 Å². The number of benzene rings is 2. The molecule has 9 nitrogen and oxygen atoms in total. The SMILES string of the molecule is CC(C)(C)OC(=O)NC(C)(C)c1cc(-c2ccc(F)cc2)nc(C(O)(CNC(=O)c2ccc3c(c2)CC(=O)N3)C(F)(F)F)c1. The van der Waals surface area contributed by atoms with Crippen molar-refractivity contribution >= 4 is 23.6 Å². The number of nitrogens with zero attached hydrogens (tertiary/aromatic N) is 1. The molecule has 1 unspecified atom stereocenters. The minimum Gasteiger partial charge on any atom is -0.444 e. The fraction of sp³-hybridized carbons (Fsp3) is 0.355. The number of rotatable bonds is 7. The van der Waals surface area contributed by atoms with Gasteiger partial charge in [-0.25, -0.2) is 14.2 Å². The molecule has 1 aliphatic rings. The van der Waals surface area contributed by atoms with Crippen LogP contribution in [0.4, 0.5) is 28.0 Å². The van der Waals surface area contributed by atoms with Crippen molar-refractivity contribution in [1.29, 1.82) is 0 Å². The molecule has 0 bridgehead atoms. The summed E-state index contributed by atoms with van der Waals surface area (Å²) in [5, 5.41) is 18.6. The van der Waals surface area contributed by atoms with Crippen LogP contribution < -0.4 is 16.0 Å². The van der Waals surface area contributed by atoms with Crippen molar-refractivity contribution in [3.8, 4) is 11.3 Å². The van der Waals surface area contributed by atoms with Gasteiger partial charge in [-0.05, 0) is 100 Å². The number of amides is 3. The van der Waals surface area contributed by atoms with Gasteiger partial charge in [-0.3, -0.25) is 9.59 Å². The fourth-order valence-electron chi connectivity index (χ4n) is 4.52. The minimum absolute atomic E-state index is 0.0128. The third-order valence-corrected chi connectivity index (χ3v) is 6.89. The molecule has 13 heteroatoms. The van der Waals surface area contributed by atoms with Crippen molar-refractivity contribution in [2.75, 3.05) is 11.9 Å². The van der Waals surface area contributed by atoms with Crippen LogP contribution >= 0.6 is 0 Å². The first-order chi connectivity index (χ1) is 20.3. The van der Waals surface area contributed by atoms with E-state index in [4.69, 9.17) is 4.74 Å². The Morgan fingerprint density at radius 3 is 2.27 bits per heavy atom. The number of ether oxygens (including phenoxy) is 1. The Morgan fingerprint density at radius 2 is 1.66 bits per heavy atom. The van der Waals surface area contributed by atoms with Crippen LogP contribution in [0.1, 0.15) is 61.8 Å². The maximum atomic E-state index is 14.7. The van der Waals surface area contributed by atoms with Crippen molar-refractivity contribution in [3.63, 3.8) is 0 Å². The predicted molar refractivity (Wildman–Crippen MR) is 153 cm³/mol. The second-order valence-electron chi connectivity index (χ2n) is 12.0. The molecule has 234 valence electrons. The van der Waals surface area contributed by atoms with Gasteiger partial charge in [0.15, 0.2) is 0 Å². The molecule has 0 radical (unpaired) electrons. The number of hydrogen-bond donors (Lipinski definition) is 4. The highest BCUT2D eigenvalue weighted by molar-refractivity contribution is 6.01. The van der Waals surface area contributed by atoms with Crippen LogP contribution in [0.15, 0.2) is 54.6 Å². The number of halogens is 4. The molecule has 1 aromatic heterocycles. The van der Waals surface area contributed by atoms with Gasteiger partial charge >= 0.3 is 12.3 Å². The van der Waals surface area contributed by atoms with Gasteiger partial charge in [-0.2, -0.15) is 13.2 Å². The highest BCUT2D eigenvalue weighted by atomic mass is 19.4. The lowest BCUT2D eigenvalue weighted by Gasteiger charge is -2.33. The Morgan fingerprint density at radius 1 is 1.00 bits per heavy atom. The normalized spacial score (nSPS) is 14.7. The van der Waals surface area contributed by atoms with Crippen LogP contribution in [0.3, 0.4) is 0 Å². The number of aromatic nitrogens is 1. The van der Waals surface area contributed by atoms with Gasteiger partial charge in [0.2, 0.25) is 11.5 Å². The minimum atomic E-state index is -5.33. The lowest BCUT2D eigenvalue weighted by atomic mass is 9.88. The number of carbonyl (C=O) groups is 3. The van der Waals surface area contributed by atoms with Crippen LogP contribution in [0, 0.1) is 5.82 Å².